The number of hydrogen-bond donors (Lipinski definition) is 1. The average Bonchev–Trinajstić information content (AvgIpc) is 3.27. The van der Waals surface area contributed by atoms with Crippen molar-refractivity contribution < 1.29 is 18.7 Å². The normalized spacial score (nSPS) is 13.4. The highest BCUT2D eigenvalue weighted by atomic mass is 16.5. The van der Waals surface area contributed by atoms with Crippen LogP contribution in [0.15, 0.2) is 45.8 Å². The Kier molecular flexibility index (Phi) is 4.64. The van der Waals surface area contributed by atoms with E-state index in [4.69, 9.17) is 13.9 Å². The van der Waals surface area contributed by atoms with E-state index in [-0.39, 0.29) is 24.2 Å². The van der Waals surface area contributed by atoms with Crippen molar-refractivity contribution >= 4 is 11.6 Å². The van der Waals surface area contributed by atoms with Gasteiger partial charge in [0.05, 0.1) is 20.5 Å². The SMILES string of the molecule is COc1ccc(NC(=O)Cn2nc(-c3ccco3)n(C3CC3)c2=O)cc1OC. The van der Waals surface area contributed by atoms with E-state index in [1.807, 2.05) is 0 Å². The maximum atomic E-state index is 12.7. The molecule has 0 saturated heterocycles. The minimum absolute atomic E-state index is 0.107. The van der Waals surface area contributed by atoms with Crippen LogP contribution in [0, 0.1) is 0 Å². The van der Waals surface area contributed by atoms with Gasteiger partial charge < -0.3 is 19.2 Å². The van der Waals surface area contributed by atoms with Gasteiger partial charge in [0.25, 0.3) is 0 Å². The lowest BCUT2D eigenvalue weighted by Gasteiger charge is -2.10. The molecular weight excluding hydrogens is 364 g/mol. The van der Waals surface area contributed by atoms with E-state index < -0.39 is 0 Å². The first-order valence-corrected chi connectivity index (χ1v) is 8.86. The van der Waals surface area contributed by atoms with Gasteiger partial charge in [-0.1, -0.05) is 0 Å². The Hall–Kier alpha value is -3.49. The summed E-state index contributed by atoms with van der Waals surface area (Å²) in [5, 5.41) is 7.07. The largest absolute Gasteiger partial charge is 0.493 e. The van der Waals surface area contributed by atoms with Crippen LogP contribution in [0.1, 0.15) is 18.9 Å². The van der Waals surface area contributed by atoms with Crippen LogP contribution in [0.4, 0.5) is 5.69 Å². The van der Waals surface area contributed by atoms with Gasteiger partial charge in [-0.2, -0.15) is 0 Å². The molecule has 3 aromatic rings. The molecule has 0 aliphatic heterocycles. The molecule has 2 aromatic heterocycles. The molecule has 0 radical (unpaired) electrons. The zero-order valence-electron chi connectivity index (χ0n) is 15.5. The van der Waals surface area contributed by atoms with Gasteiger partial charge in [-0.15, -0.1) is 5.10 Å². The van der Waals surface area contributed by atoms with E-state index in [1.54, 1.807) is 34.9 Å². The molecule has 0 unspecified atom stereocenters. The second-order valence-electron chi connectivity index (χ2n) is 6.46. The molecule has 0 atom stereocenters. The first-order valence-electron chi connectivity index (χ1n) is 8.86. The number of rotatable bonds is 7. The first-order chi connectivity index (χ1) is 13.6. The van der Waals surface area contributed by atoms with E-state index in [0.29, 0.717) is 28.8 Å². The third kappa shape index (κ3) is 3.38. The molecule has 1 N–H and O–H groups in total. The molecule has 9 heteroatoms. The van der Waals surface area contributed by atoms with Crippen LogP contribution >= 0.6 is 0 Å². The Morgan fingerprint density at radius 1 is 1.25 bits per heavy atom. The topological polar surface area (TPSA) is 101 Å². The van der Waals surface area contributed by atoms with Gasteiger partial charge in [0.1, 0.15) is 6.54 Å². The highest BCUT2D eigenvalue weighted by Gasteiger charge is 2.31. The standard InChI is InChI=1S/C19H20N4O5/c1-26-14-8-5-12(10-16(14)27-2)20-17(24)11-22-19(25)23(13-6-7-13)18(21-22)15-4-3-9-28-15/h3-5,8-10,13H,6-7,11H2,1-2H3,(H,20,24). The molecule has 0 spiro atoms. The summed E-state index contributed by atoms with van der Waals surface area (Å²) in [6.45, 7) is -0.208. The minimum Gasteiger partial charge on any atom is -0.493 e. The summed E-state index contributed by atoms with van der Waals surface area (Å²) < 4.78 is 18.6. The van der Waals surface area contributed by atoms with Crippen molar-refractivity contribution in [2.24, 2.45) is 0 Å². The van der Waals surface area contributed by atoms with E-state index >= 15 is 0 Å². The molecular formula is C19H20N4O5. The molecule has 4 rings (SSSR count). The number of ether oxygens (including phenoxy) is 2. The van der Waals surface area contributed by atoms with Crippen molar-refractivity contribution in [2.75, 3.05) is 19.5 Å². The van der Waals surface area contributed by atoms with Crippen LogP contribution in [0.25, 0.3) is 11.6 Å². The fourth-order valence-electron chi connectivity index (χ4n) is 3.01. The summed E-state index contributed by atoms with van der Waals surface area (Å²) in [4.78, 5) is 25.2. The van der Waals surface area contributed by atoms with Crippen LogP contribution in [0.3, 0.4) is 0 Å². The average molecular weight is 384 g/mol. The number of anilines is 1. The Balaban J connectivity index is 1.55. The van der Waals surface area contributed by atoms with E-state index in [0.717, 1.165) is 17.5 Å². The van der Waals surface area contributed by atoms with Crippen LogP contribution in [0.5, 0.6) is 11.5 Å². The smallest absolute Gasteiger partial charge is 0.347 e. The quantitative estimate of drug-likeness (QED) is 0.671. The second-order valence-corrected chi connectivity index (χ2v) is 6.46. The number of methoxy groups -OCH3 is 2. The molecule has 1 aromatic carbocycles. The highest BCUT2D eigenvalue weighted by molar-refractivity contribution is 5.90. The predicted octanol–water partition coefficient (Wildman–Crippen LogP) is 2.30. The maximum Gasteiger partial charge on any atom is 0.347 e. The Bertz CT molecular complexity index is 1050. The first kappa shape index (κ1) is 17.9. The van der Waals surface area contributed by atoms with Crippen molar-refractivity contribution in [2.45, 2.75) is 25.4 Å². The van der Waals surface area contributed by atoms with Gasteiger partial charge in [0.15, 0.2) is 17.3 Å². The highest BCUT2D eigenvalue weighted by Crippen LogP contribution is 2.36. The van der Waals surface area contributed by atoms with E-state index in [2.05, 4.69) is 10.4 Å². The molecule has 1 aliphatic rings. The Morgan fingerprint density at radius 3 is 2.68 bits per heavy atom. The number of benzene rings is 1. The molecule has 1 amide bonds. The zero-order chi connectivity index (χ0) is 19.7. The van der Waals surface area contributed by atoms with Crippen molar-refractivity contribution in [3.8, 4) is 23.1 Å². The van der Waals surface area contributed by atoms with Gasteiger partial charge in [0.2, 0.25) is 11.7 Å². The van der Waals surface area contributed by atoms with Crippen LogP contribution in [-0.4, -0.2) is 34.5 Å². The Morgan fingerprint density at radius 2 is 2.04 bits per heavy atom. The van der Waals surface area contributed by atoms with Crippen molar-refractivity contribution in [1.82, 2.24) is 14.3 Å². The number of nitrogens with one attached hydrogen (secondary N) is 1. The Labute approximate surface area is 160 Å². The number of amides is 1. The molecule has 28 heavy (non-hydrogen) atoms. The summed E-state index contributed by atoms with van der Waals surface area (Å²) in [5.74, 6) is 1.62. The van der Waals surface area contributed by atoms with E-state index in [1.165, 1.54) is 20.5 Å². The number of carbonyl (C=O) groups excluding carboxylic acids is 1. The third-order valence-corrected chi connectivity index (χ3v) is 4.48. The molecule has 1 aliphatic carbocycles. The van der Waals surface area contributed by atoms with Gasteiger partial charge in [0, 0.05) is 17.8 Å². The van der Waals surface area contributed by atoms with Gasteiger partial charge >= 0.3 is 5.69 Å². The van der Waals surface area contributed by atoms with Crippen molar-refractivity contribution in [1.29, 1.82) is 0 Å². The van der Waals surface area contributed by atoms with Crippen molar-refractivity contribution in [3.63, 3.8) is 0 Å². The summed E-state index contributed by atoms with van der Waals surface area (Å²) in [6, 6.07) is 8.62. The number of furan rings is 1. The predicted molar refractivity (Wildman–Crippen MR) is 101 cm³/mol. The number of nitrogens with zero attached hydrogens (tertiary/aromatic N) is 3. The molecule has 1 fully saturated rings. The summed E-state index contributed by atoms with van der Waals surface area (Å²) >= 11 is 0. The number of aromatic nitrogens is 3. The second kappa shape index (κ2) is 7.26. The van der Waals surface area contributed by atoms with Gasteiger partial charge in [-0.25, -0.2) is 9.48 Å². The fraction of sp³-hybridized carbons (Fsp3) is 0.316. The molecule has 1 saturated carbocycles. The molecule has 2 heterocycles. The fourth-order valence-corrected chi connectivity index (χ4v) is 3.01. The molecule has 9 nitrogen and oxygen atoms in total. The van der Waals surface area contributed by atoms with Gasteiger partial charge in [-0.05, 0) is 37.1 Å². The van der Waals surface area contributed by atoms with Gasteiger partial charge in [-0.3, -0.25) is 9.36 Å². The third-order valence-electron chi connectivity index (χ3n) is 4.48. The summed E-state index contributed by atoms with van der Waals surface area (Å²) in [5.41, 5.74) is 0.208. The van der Waals surface area contributed by atoms with Crippen LogP contribution < -0.4 is 20.5 Å². The van der Waals surface area contributed by atoms with E-state index in [9.17, 15) is 9.59 Å². The number of hydrogen-bond acceptors (Lipinski definition) is 6. The minimum atomic E-state index is -0.374. The zero-order valence-corrected chi connectivity index (χ0v) is 15.5. The summed E-state index contributed by atoms with van der Waals surface area (Å²) in [7, 11) is 3.05. The maximum absolute atomic E-state index is 12.7. The molecule has 146 valence electrons. The van der Waals surface area contributed by atoms with Crippen LogP contribution in [-0.2, 0) is 11.3 Å². The summed E-state index contributed by atoms with van der Waals surface area (Å²) in [6.07, 6.45) is 3.36. The monoisotopic (exact) mass is 384 g/mol. The number of carbonyl (C=O) groups is 1. The molecule has 0 bridgehead atoms. The van der Waals surface area contributed by atoms with Crippen molar-refractivity contribution in [3.05, 3.63) is 47.1 Å². The lowest BCUT2D eigenvalue weighted by atomic mass is 10.2. The lowest BCUT2D eigenvalue weighted by Crippen LogP contribution is -2.30. The van der Waals surface area contributed by atoms with Crippen LogP contribution in [0.2, 0.25) is 0 Å². The lowest BCUT2D eigenvalue weighted by molar-refractivity contribution is -0.117.